The maximum atomic E-state index is 14.5. The molecule has 2 aromatic rings. The highest BCUT2D eigenvalue weighted by atomic mass is 35.5. The van der Waals surface area contributed by atoms with Gasteiger partial charge in [0.1, 0.15) is 12.8 Å². The van der Waals surface area contributed by atoms with Crippen LogP contribution in [0.5, 0.6) is 0 Å². The first-order valence-corrected chi connectivity index (χ1v) is 8.01. The quantitative estimate of drug-likeness (QED) is 0.923. The number of rotatable bonds is 3. The zero-order valence-corrected chi connectivity index (χ0v) is 13.7. The van der Waals surface area contributed by atoms with Crippen molar-refractivity contribution in [2.45, 2.75) is 18.3 Å². The fraction of sp³-hybridized carbons (Fsp3) is 0.278. The molecule has 24 heavy (non-hydrogen) atoms. The van der Waals surface area contributed by atoms with Crippen LogP contribution in [0.3, 0.4) is 0 Å². The van der Waals surface area contributed by atoms with Crippen molar-refractivity contribution in [3.63, 3.8) is 0 Å². The van der Waals surface area contributed by atoms with Gasteiger partial charge in [0, 0.05) is 11.6 Å². The van der Waals surface area contributed by atoms with E-state index in [0.29, 0.717) is 10.6 Å². The van der Waals surface area contributed by atoms with E-state index in [4.69, 9.17) is 22.1 Å². The minimum absolute atomic E-state index is 0.0590. The Morgan fingerprint density at radius 1 is 1.25 bits per heavy atom. The summed E-state index contributed by atoms with van der Waals surface area (Å²) in [6, 6.07) is 16.0. The second kappa shape index (κ2) is 6.79. The molecule has 3 rings (SSSR count). The smallest absolute Gasteiger partial charge is 0.410 e. The Morgan fingerprint density at radius 2 is 1.92 bits per heavy atom. The third-order valence-corrected chi connectivity index (χ3v) is 4.49. The van der Waals surface area contributed by atoms with Gasteiger partial charge in [-0.15, -0.1) is 0 Å². The van der Waals surface area contributed by atoms with E-state index in [0.717, 1.165) is 5.56 Å². The third-order valence-electron chi connectivity index (χ3n) is 4.24. The molecule has 4 nitrogen and oxygen atoms in total. The van der Waals surface area contributed by atoms with Gasteiger partial charge in [-0.1, -0.05) is 54.1 Å². The van der Waals surface area contributed by atoms with Gasteiger partial charge < -0.3 is 15.4 Å². The lowest BCUT2D eigenvalue weighted by molar-refractivity contribution is 0.101. The van der Waals surface area contributed by atoms with Gasteiger partial charge in [-0.05, 0) is 23.3 Å². The monoisotopic (exact) mass is 348 g/mol. The number of hydrogen-bond donors (Lipinski definition) is 1. The van der Waals surface area contributed by atoms with E-state index < -0.39 is 17.8 Å². The van der Waals surface area contributed by atoms with Crippen LogP contribution >= 0.6 is 11.6 Å². The van der Waals surface area contributed by atoms with Crippen LogP contribution in [0, 0.1) is 0 Å². The van der Waals surface area contributed by atoms with E-state index >= 15 is 0 Å². The van der Waals surface area contributed by atoms with Gasteiger partial charge in [0.2, 0.25) is 0 Å². The molecule has 2 aromatic carbocycles. The lowest BCUT2D eigenvalue weighted by Gasteiger charge is -2.26. The SMILES string of the molecule is N[C@]1(c2ccc(Cl)cc2)CN(C(=O)OCc2ccccc2)C[C@H]1F. The van der Waals surface area contributed by atoms with Crippen LogP contribution in [0.1, 0.15) is 11.1 Å². The van der Waals surface area contributed by atoms with Crippen LogP contribution in [0.2, 0.25) is 5.02 Å². The molecule has 126 valence electrons. The van der Waals surface area contributed by atoms with Gasteiger partial charge in [0.25, 0.3) is 0 Å². The number of benzene rings is 2. The Morgan fingerprint density at radius 3 is 2.58 bits per heavy atom. The number of carbonyl (C=O) groups is 1. The maximum Gasteiger partial charge on any atom is 0.410 e. The molecule has 1 saturated heterocycles. The topological polar surface area (TPSA) is 55.6 Å². The van der Waals surface area contributed by atoms with Crippen molar-refractivity contribution in [2.75, 3.05) is 13.1 Å². The molecule has 0 spiro atoms. The predicted molar refractivity (Wildman–Crippen MR) is 90.4 cm³/mol. The molecule has 0 aromatic heterocycles. The largest absolute Gasteiger partial charge is 0.445 e. The predicted octanol–water partition coefficient (Wildman–Crippen LogP) is 3.48. The summed E-state index contributed by atoms with van der Waals surface area (Å²) in [4.78, 5) is 13.5. The molecule has 6 heteroatoms. The van der Waals surface area contributed by atoms with E-state index in [1.165, 1.54) is 4.90 Å². The summed E-state index contributed by atoms with van der Waals surface area (Å²) in [6.45, 7) is 0.113. The molecule has 0 saturated carbocycles. The number of hydrogen-bond acceptors (Lipinski definition) is 3. The highest BCUT2D eigenvalue weighted by Crippen LogP contribution is 2.33. The molecule has 1 amide bonds. The second-order valence-corrected chi connectivity index (χ2v) is 6.37. The average Bonchev–Trinajstić information content (AvgIpc) is 2.90. The van der Waals surface area contributed by atoms with E-state index in [1.54, 1.807) is 24.3 Å². The molecule has 0 unspecified atom stereocenters. The standard InChI is InChI=1S/C18H18ClFN2O2/c19-15-8-6-14(7-9-15)18(21)12-22(10-16(18)20)17(23)24-11-13-4-2-1-3-5-13/h1-9,16H,10-12,21H2/t16-,18+/m1/s1. The fourth-order valence-electron chi connectivity index (χ4n) is 2.82. The summed E-state index contributed by atoms with van der Waals surface area (Å²) in [6.07, 6.45) is -1.94. The number of alkyl halides is 1. The molecule has 1 fully saturated rings. The second-order valence-electron chi connectivity index (χ2n) is 5.94. The molecule has 2 N–H and O–H groups in total. The summed E-state index contributed by atoms with van der Waals surface area (Å²) in [5.74, 6) is 0. The maximum absolute atomic E-state index is 14.5. The average molecular weight is 349 g/mol. The highest BCUT2D eigenvalue weighted by Gasteiger charge is 2.47. The van der Waals surface area contributed by atoms with E-state index in [-0.39, 0.29) is 19.7 Å². The van der Waals surface area contributed by atoms with Crippen LogP contribution < -0.4 is 5.73 Å². The Balaban J connectivity index is 1.66. The molecule has 2 atom stereocenters. The fourth-order valence-corrected chi connectivity index (χ4v) is 2.94. The van der Waals surface area contributed by atoms with Gasteiger partial charge in [0.15, 0.2) is 0 Å². The first-order valence-electron chi connectivity index (χ1n) is 7.63. The zero-order valence-electron chi connectivity index (χ0n) is 13.0. The number of nitrogens with two attached hydrogens (primary N) is 1. The lowest BCUT2D eigenvalue weighted by Crippen LogP contribution is -2.46. The van der Waals surface area contributed by atoms with Crippen LogP contribution in [0.4, 0.5) is 9.18 Å². The van der Waals surface area contributed by atoms with Gasteiger partial charge >= 0.3 is 6.09 Å². The van der Waals surface area contributed by atoms with Gasteiger partial charge in [0.05, 0.1) is 12.1 Å². The van der Waals surface area contributed by atoms with Crippen LogP contribution in [-0.2, 0) is 16.9 Å². The van der Waals surface area contributed by atoms with Crippen molar-refractivity contribution >= 4 is 17.7 Å². The van der Waals surface area contributed by atoms with Gasteiger partial charge in [-0.3, -0.25) is 0 Å². The van der Waals surface area contributed by atoms with Crippen molar-refractivity contribution in [2.24, 2.45) is 5.73 Å². The Kier molecular flexibility index (Phi) is 4.73. The van der Waals surface area contributed by atoms with Crippen molar-refractivity contribution in [1.29, 1.82) is 0 Å². The van der Waals surface area contributed by atoms with Crippen molar-refractivity contribution in [3.8, 4) is 0 Å². The number of amides is 1. The molecule has 0 radical (unpaired) electrons. The van der Waals surface area contributed by atoms with E-state index in [1.807, 2.05) is 30.3 Å². The lowest BCUT2D eigenvalue weighted by atomic mass is 9.89. The van der Waals surface area contributed by atoms with Crippen LogP contribution in [-0.4, -0.2) is 30.3 Å². The first-order chi connectivity index (χ1) is 11.5. The summed E-state index contributed by atoms with van der Waals surface area (Å²) in [5.41, 5.74) is 6.47. The van der Waals surface area contributed by atoms with Crippen LogP contribution in [0.25, 0.3) is 0 Å². The minimum Gasteiger partial charge on any atom is -0.445 e. The molecular weight excluding hydrogens is 331 g/mol. The summed E-state index contributed by atoms with van der Waals surface area (Å²) >= 11 is 5.86. The molecule has 0 aliphatic carbocycles. The molecule has 0 bridgehead atoms. The van der Waals surface area contributed by atoms with Crippen molar-refractivity contribution in [3.05, 3.63) is 70.7 Å². The summed E-state index contributed by atoms with van der Waals surface area (Å²) in [5, 5.41) is 0.551. The third kappa shape index (κ3) is 3.37. The van der Waals surface area contributed by atoms with E-state index in [9.17, 15) is 9.18 Å². The van der Waals surface area contributed by atoms with Crippen molar-refractivity contribution in [1.82, 2.24) is 4.90 Å². The Bertz CT molecular complexity index is 711. The zero-order chi connectivity index (χ0) is 17.2. The van der Waals surface area contributed by atoms with Gasteiger partial charge in [-0.2, -0.15) is 0 Å². The van der Waals surface area contributed by atoms with Gasteiger partial charge in [-0.25, -0.2) is 9.18 Å². The number of halogens is 2. The Labute approximate surface area is 145 Å². The summed E-state index contributed by atoms with van der Waals surface area (Å²) < 4.78 is 19.8. The minimum atomic E-state index is -1.37. The number of carbonyl (C=O) groups excluding carboxylic acids is 1. The van der Waals surface area contributed by atoms with Crippen molar-refractivity contribution < 1.29 is 13.9 Å². The van der Waals surface area contributed by atoms with E-state index in [2.05, 4.69) is 0 Å². The number of likely N-dealkylation sites (tertiary alicyclic amines) is 1. The number of nitrogens with zero attached hydrogens (tertiary/aromatic N) is 1. The number of ether oxygens (including phenoxy) is 1. The molecular formula is C18H18ClFN2O2. The normalized spacial score (nSPS) is 23.3. The summed E-state index contributed by atoms with van der Waals surface area (Å²) in [7, 11) is 0. The molecule has 1 aliphatic rings. The Hall–Kier alpha value is -2.11. The van der Waals surface area contributed by atoms with Crippen LogP contribution in [0.15, 0.2) is 54.6 Å². The molecule has 1 aliphatic heterocycles. The highest BCUT2D eigenvalue weighted by molar-refractivity contribution is 6.30. The molecule has 1 heterocycles. The first kappa shape index (κ1) is 16.7.